The number of allylic oxidation sites excluding steroid dienone is 2. The zero-order chi connectivity index (χ0) is 31.7. The van der Waals surface area contributed by atoms with Crippen LogP contribution in [0.5, 0.6) is 0 Å². The molecule has 10 heteroatoms. The molecule has 4 aromatic rings. The van der Waals surface area contributed by atoms with Crippen molar-refractivity contribution in [3.63, 3.8) is 0 Å². The lowest BCUT2D eigenvalue weighted by atomic mass is 9.85. The predicted molar refractivity (Wildman–Crippen MR) is 175 cm³/mol. The number of ketones is 1. The van der Waals surface area contributed by atoms with Crippen LogP contribution in [0.2, 0.25) is 10.0 Å². The number of pyridine rings is 1. The molecule has 5 unspecified atom stereocenters. The number of halogens is 3. The molecule has 5 atom stereocenters. The van der Waals surface area contributed by atoms with Gasteiger partial charge >= 0.3 is 5.97 Å². The highest BCUT2D eigenvalue weighted by Gasteiger charge is 2.59. The third-order valence-electron chi connectivity index (χ3n) is 9.10. The van der Waals surface area contributed by atoms with Crippen LogP contribution < -0.4 is 4.90 Å². The van der Waals surface area contributed by atoms with Crippen molar-refractivity contribution in [2.75, 3.05) is 4.90 Å². The minimum atomic E-state index is -1.08. The van der Waals surface area contributed by atoms with Crippen molar-refractivity contribution in [1.29, 1.82) is 0 Å². The topological polar surface area (TPSA) is 93.6 Å². The number of esters is 1. The van der Waals surface area contributed by atoms with Crippen molar-refractivity contribution in [1.82, 2.24) is 4.98 Å². The van der Waals surface area contributed by atoms with E-state index in [1.165, 1.54) is 17.9 Å². The third-order valence-corrected chi connectivity index (χ3v) is 10.7. The Bertz CT molecular complexity index is 1960. The molecule has 45 heavy (non-hydrogen) atoms. The van der Waals surface area contributed by atoms with Gasteiger partial charge < -0.3 is 4.74 Å². The fraction of sp³-hybridized carbons (Fsp3) is 0.229. The van der Waals surface area contributed by atoms with E-state index >= 15 is 0 Å². The number of carbonyl (C=O) groups excluding carboxylic acids is 4. The van der Waals surface area contributed by atoms with E-state index in [2.05, 4.69) is 28.1 Å². The molecule has 2 fully saturated rings. The highest BCUT2D eigenvalue weighted by molar-refractivity contribution is 9.10. The first-order valence-electron chi connectivity index (χ1n) is 14.5. The molecule has 2 heterocycles. The average molecular weight is 704 g/mol. The van der Waals surface area contributed by atoms with Crippen molar-refractivity contribution < 1.29 is 23.9 Å². The van der Waals surface area contributed by atoms with E-state index in [0.29, 0.717) is 53.5 Å². The molecule has 1 aromatic heterocycles. The number of amides is 2. The second-order valence-corrected chi connectivity index (χ2v) is 13.4. The molecule has 1 aliphatic heterocycles. The van der Waals surface area contributed by atoms with Gasteiger partial charge in [0.2, 0.25) is 17.6 Å². The van der Waals surface area contributed by atoms with E-state index in [4.69, 9.17) is 32.9 Å². The molecule has 226 valence electrons. The lowest BCUT2D eigenvalue weighted by Crippen LogP contribution is -2.32. The summed E-state index contributed by atoms with van der Waals surface area (Å²) >= 11 is 16.1. The van der Waals surface area contributed by atoms with Gasteiger partial charge in [-0.2, -0.15) is 0 Å². The molecule has 2 bridgehead atoms. The first kappa shape index (κ1) is 29.8. The average Bonchev–Trinajstić information content (AvgIpc) is 3.72. The second kappa shape index (κ2) is 11.2. The monoisotopic (exact) mass is 702 g/mol. The van der Waals surface area contributed by atoms with Crippen LogP contribution in [0.15, 0.2) is 77.3 Å². The SMILES string of the molecule is Cc1c(Cl)c(Br)cc2c(C(=O)OC(C)C(=O)c3cccc(Cl)c3)cc(-c3ccc(N4C(=O)C5C6C=CC(C6)C5C4=O)cc3)nc12. The fourth-order valence-electron chi connectivity index (χ4n) is 6.87. The minimum absolute atomic E-state index is 0.124. The Morgan fingerprint density at radius 2 is 1.64 bits per heavy atom. The van der Waals surface area contributed by atoms with Crippen molar-refractivity contribution in [3.05, 3.63) is 104 Å². The number of Topliss-reactive ketones (excluding diaryl/α,β-unsaturated/α-hetero) is 1. The molecule has 1 saturated heterocycles. The summed E-state index contributed by atoms with van der Waals surface area (Å²) in [6, 6.07) is 16.7. The summed E-state index contributed by atoms with van der Waals surface area (Å²) in [6.07, 6.45) is 3.92. The van der Waals surface area contributed by atoms with Gasteiger partial charge in [-0.15, -0.1) is 0 Å². The molecule has 0 radical (unpaired) electrons. The van der Waals surface area contributed by atoms with E-state index in [0.717, 1.165) is 6.42 Å². The first-order chi connectivity index (χ1) is 21.5. The van der Waals surface area contributed by atoms with Crippen LogP contribution in [0.4, 0.5) is 5.69 Å². The number of carbonyl (C=O) groups is 4. The number of anilines is 1. The summed E-state index contributed by atoms with van der Waals surface area (Å²) in [7, 11) is 0. The minimum Gasteiger partial charge on any atom is -0.451 e. The lowest BCUT2D eigenvalue weighted by molar-refractivity contribution is -0.123. The van der Waals surface area contributed by atoms with E-state index in [1.807, 2.05) is 0 Å². The maximum Gasteiger partial charge on any atom is 0.339 e. The largest absolute Gasteiger partial charge is 0.451 e. The van der Waals surface area contributed by atoms with Gasteiger partial charge in [0.05, 0.1) is 39.3 Å². The van der Waals surface area contributed by atoms with Gasteiger partial charge in [0.25, 0.3) is 0 Å². The first-order valence-corrected chi connectivity index (χ1v) is 16.0. The van der Waals surface area contributed by atoms with Crippen LogP contribution in [0, 0.1) is 30.6 Å². The van der Waals surface area contributed by atoms with Crippen LogP contribution >= 0.6 is 39.1 Å². The summed E-state index contributed by atoms with van der Waals surface area (Å²) in [5, 5.41) is 1.35. The Morgan fingerprint density at radius 3 is 2.29 bits per heavy atom. The number of ether oxygens (including phenoxy) is 1. The molecule has 0 N–H and O–H groups in total. The highest BCUT2D eigenvalue weighted by atomic mass is 79.9. The number of rotatable bonds is 6. The Morgan fingerprint density at radius 1 is 0.978 bits per heavy atom. The quantitative estimate of drug-likeness (QED) is 0.0874. The maximum absolute atomic E-state index is 13.7. The molecule has 7 nitrogen and oxygen atoms in total. The number of nitrogens with zero attached hydrogens (tertiary/aromatic N) is 2. The number of fused-ring (bicyclic) bond motifs is 6. The van der Waals surface area contributed by atoms with Gasteiger partial charge in [0.15, 0.2) is 6.10 Å². The molecular formula is C35H25BrCl2N2O5. The van der Waals surface area contributed by atoms with Crippen molar-refractivity contribution >= 4 is 79.3 Å². The zero-order valence-electron chi connectivity index (χ0n) is 24.1. The normalized spacial score (nSPS) is 22.3. The summed E-state index contributed by atoms with van der Waals surface area (Å²) in [5.74, 6) is -1.73. The van der Waals surface area contributed by atoms with E-state index in [1.54, 1.807) is 61.5 Å². The number of hydrogen-bond donors (Lipinski definition) is 0. The summed E-state index contributed by atoms with van der Waals surface area (Å²) in [4.78, 5) is 59.5. The molecule has 2 amide bonds. The Hall–Kier alpha value is -3.85. The molecular weight excluding hydrogens is 679 g/mol. The Labute approximate surface area is 277 Å². The van der Waals surface area contributed by atoms with Crippen molar-refractivity contribution in [2.45, 2.75) is 26.4 Å². The smallest absolute Gasteiger partial charge is 0.339 e. The van der Waals surface area contributed by atoms with Gasteiger partial charge in [-0.3, -0.25) is 19.3 Å². The number of hydrogen-bond acceptors (Lipinski definition) is 6. The fourth-order valence-corrected chi connectivity index (χ4v) is 7.73. The number of aromatic nitrogens is 1. The number of imide groups is 1. The Kier molecular flexibility index (Phi) is 7.42. The van der Waals surface area contributed by atoms with Crippen LogP contribution in [0.25, 0.3) is 22.2 Å². The van der Waals surface area contributed by atoms with E-state index < -0.39 is 12.1 Å². The van der Waals surface area contributed by atoms with Gasteiger partial charge in [-0.1, -0.05) is 59.6 Å². The Balaban J connectivity index is 1.22. The molecule has 3 aliphatic rings. The van der Waals surface area contributed by atoms with E-state index in [-0.39, 0.29) is 46.8 Å². The maximum atomic E-state index is 13.7. The van der Waals surface area contributed by atoms with Gasteiger partial charge in [-0.05, 0) is 90.0 Å². The molecule has 2 aliphatic carbocycles. The molecule has 7 rings (SSSR count). The summed E-state index contributed by atoms with van der Waals surface area (Å²) in [5.41, 5.74) is 3.28. The van der Waals surface area contributed by atoms with Crippen LogP contribution in [-0.2, 0) is 14.3 Å². The summed E-state index contributed by atoms with van der Waals surface area (Å²) in [6.45, 7) is 3.32. The van der Waals surface area contributed by atoms with Gasteiger partial charge in [-0.25, -0.2) is 9.78 Å². The van der Waals surface area contributed by atoms with Crippen molar-refractivity contribution in [3.8, 4) is 11.3 Å². The zero-order valence-corrected chi connectivity index (χ0v) is 27.2. The third kappa shape index (κ3) is 4.90. The number of aryl methyl sites for hydroxylation is 1. The van der Waals surface area contributed by atoms with Gasteiger partial charge in [0, 0.05) is 26.0 Å². The predicted octanol–water partition coefficient (Wildman–Crippen LogP) is 8.02. The van der Waals surface area contributed by atoms with Crippen LogP contribution in [-0.4, -0.2) is 34.7 Å². The molecule has 3 aromatic carbocycles. The summed E-state index contributed by atoms with van der Waals surface area (Å²) < 4.78 is 6.26. The lowest BCUT2D eigenvalue weighted by Gasteiger charge is -2.18. The number of benzene rings is 3. The highest BCUT2D eigenvalue weighted by Crippen LogP contribution is 2.53. The van der Waals surface area contributed by atoms with E-state index in [9.17, 15) is 19.2 Å². The van der Waals surface area contributed by atoms with Crippen molar-refractivity contribution in [2.24, 2.45) is 23.7 Å². The standard InChI is InChI=1S/C35H25BrCl2N2O5/c1-16-30(38)26(36)14-24-25(35(44)45-17(2)32(41)21-4-3-5-22(37)13-21)15-27(39-31(16)24)18-8-10-23(11-9-18)40-33(42)28-19-6-7-20(12-19)29(28)34(40)43/h3-11,13-15,17,19-20,28-29H,12H2,1-2H3. The van der Waals surface area contributed by atoms with Gasteiger partial charge in [0.1, 0.15) is 0 Å². The molecule has 1 saturated carbocycles. The molecule has 0 spiro atoms. The van der Waals surface area contributed by atoms with Crippen LogP contribution in [0.3, 0.4) is 0 Å². The van der Waals surface area contributed by atoms with Crippen LogP contribution in [0.1, 0.15) is 39.6 Å². The second-order valence-electron chi connectivity index (χ2n) is 11.7.